The zero-order chi connectivity index (χ0) is 16.2. The van der Waals surface area contributed by atoms with Gasteiger partial charge in [-0.1, -0.05) is 11.6 Å². The maximum atomic E-state index is 12.1. The van der Waals surface area contributed by atoms with Gasteiger partial charge >= 0.3 is 6.61 Å². The molecule has 23 heavy (non-hydrogen) atoms. The van der Waals surface area contributed by atoms with E-state index in [-0.39, 0.29) is 5.75 Å². The van der Waals surface area contributed by atoms with Crippen LogP contribution in [-0.2, 0) is 6.54 Å². The van der Waals surface area contributed by atoms with Crippen LogP contribution in [0.15, 0.2) is 48.8 Å². The summed E-state index contributed by atoms with van der Waals surface area (Å²) < 4.78 is 28.4. The first-order valence-electron chi connectivity index (χ1n) is 6.80. The highest BCUT2D eigenvalue weighted by molar-refractivity contribution is 6.31. The quantitative estimate of drug-likeness (QED) is 0.746. The van der Waals surface area contributed by atoms with Crippen LogP contribution in [0.1, 0.15) is 5.69 Å². The summed E-state index contributed by atoms with van der Waals surface area (Å²) in [6.07, 6.45) is 2.96. The molecule has 0 radical (unpaired) electrons. The minimum atomic E-state index is -2.85. The molecule has 3 aromatic rings. The van der Waals surface area contributed by atoms with Crippen molar-refractivity contribution < 1.29 is 13.5 Å². The number of anilines is 1. The molecule has 0 saturated heterocycles. The molecule has 0 spiro atoms. The molecule has 4 nitrogen and oxygen atoms in total. The van der Waals surface area contributed by atoms with E-state index in [2.05, 4.69) is 20.0 Å². The molecule has 0 aliphatic heterocycles. The maximum Gasteiger partial charge on any atom is 0.387 e. The van der Waals surface area contributed by atoms with Gasteiger partial charge in [0.25, 0.3) is 0 Å². The predicted octanol–water partition coefficient (Wildman–Crippen LogP) is 4.50. The number of alkyl halides is 2. The molecule has 0 saturated carbocycles. The Labute approximate surface area is 136 Å². The predicted molar refractivity (Wildman–Crippen MR) is 84.9 cm³/mol. The molecule has 2 aromatic heterocycles. The summed E-state index contributed by atoms with van der Waals surface area (Å²) in [5.74, 6) is 0.0350. The largest absolute Gasteiger partial charge is 0.433 e. The molecule has 0 atom stereocenters. The Balaban J connectivity index is 1.73. The Hall–Kier alpha value is -2.47. The average Bonchev–Trinajstić information content (AvgIpc) is 2.53. The summed E-state index contributed by atoms with van der Waals surface area (Å²) in [4.78, 5) is 8.35. The van der Waals surface area contributed by atoms with Crippen LogP contribution < -0.4 is 10.1 Å². The molecule has 0 aliphatic rings. The van der Waals surface area contributed by atoms with Gasteiger partial charge in [-0.05, 0) is 36.4 Å². The number of rotatable bonds is 5. The number of nitrogens with zero attached hydrogens (tertiary/aromatic N) is 2. The van der Waals surface area contributed by atoms with E-state index < -0.39 is 6.61 Å². The molecule has 1 N–H and O–H groups in total. The Kier molecular flexibility index (Phi) is 4.52. The summed E-state index contributed by atoms with van der Waals surface area (Å²) in [6, 6.07) is 10.4. The Bertz CT molecular complexity index is 812. The molecule has 0 unspecified atom stereocenters. The number of ether oxygens (including phenoxy) is 1. The number of benzene rings is 1. The third-order valence-electron chi connectivity index (χ3n) is 3.19. The molecule has 0 fully saturated rings. The normalized spacial score (nSPS) is 11.0. The number of aromatic nitrogens is 2. The fraction of sp³-hybridized carbons (Fsp3) is 0.125. The van der Waals surface area contributed by atoms with Gasteiger partial charge in [0.05, 0.1) is 24.0 Å². The van der Waals surface area contributed by atoms with Gasteiger partial charge in [-0.3, -0.25) is 9.97 Å². The number of pyridine rings is 2. The van der Waals surface area contributed by atoms with Crippen LogP contribution in [0.25, 0.3) is 10.9 Å². The number of halogens is 3. The lowest BCUT2D eigenvalue weighted by atomic mass is 10.2. The third-order valence-corrected chi connectivity index (χ3v) is 3.42. The van der Waals surface area contributed by atoms with Crippen LogP contribution in [0, 0.1) is 0 Å². The molecule has 2 heterocycles. The van der Waals surface area contributed by atoms with Crippen LogP contribution >= 0.6 is 11.6 Å². The Morgan fingerprint density at radius 3 is 2.74 bits per heavy atom. The van der Waals surface area contributed by atoms with Crippen LogP contribution in [0.5, 0.6) is 5.75 Å². The lowest BCUT2D eigenvalue weighted by Crippen LogP contribution is -2.05. The monoisotopic (exact) mass is 335 g/mol. The second-order valence-corrected chi connectivity index (χ2v) is 5.17. The zero-order valence-corrected chi connectivity index (χ0v) is 12.6. The first kappa shape index (κ1) is 15.4. The second-order valence-electron chi connectivity index (χ2n) is 4.74. The van der Waals surface area contributed by atoms with Crippen molar-refractivity contribution in [1.82, 2.24) is 9.97 Å². The lowest BCUT2D eigenvalue weighted by Gasteiger charge is -2.10. The molecule has 118 valence electrons. The highest BCUT2D eigenvalue weighted by atomic mass is 35.5. The summed E-state index contributed by atoms with van der Waals surface area (Å²) in [7, 11) is 0. The second kappa shape index (κ2) is 6.75. The first-order chi connectivity index (χ1) is 11.1. The van der Waals surface area contributed by atoms with E-state index >= 15 is 0 Å². The standard InChI is InChI=1S/C16H12ClF2N3O/c17-10-1-4-13-14(5-6-20-15(13)7-10)22-8-11-2-3-12(9-21-11)23-16(18)19/h1-7,9,16H,8H2,(H,20,22). The molecule has 7 heteroatoms. The number of nitrogens with one attached hydrogen (secondary N) is 1. The first-order valence-corrected chi connectivity index (χ1v) is 7.17. The number of hydrogen-bond acceptors (Lipinski definition) is 4. The summed E-state index contributed by atoms with van der Waals surface area (Å²) in [5.41, 5.74) is 2.38. The SMILES string of the molecule is FC(F)Oc1ccc(CNc2ccnc3cc(Cl)ccc23)nc1. The molecule has 3 rings (SSSR count). The van der Waals surface area contributed by atoms with Crippen molar-refractivity contribution in [3.8, 4) is 5.75 Å². The molecule has 0 bridgehead atoms. The number of fused-ring (bicyclic) bond motifs is 1. The highest BCUT2D eigenvalue weighted by Crippen LogP contribution is 2.24. The Morgan fingerprint density at radius 2 is 2.00 bits per heavy atom. The van der Waals surface area contributed by atoms with Gasteiger partial charge < -0.3 is 10.1 Å². The fourth-order valence-corrected chi connectivity index (χ4v) is 2.32. The summed E-state index contributed by atoms with van der Waals surface area (Å²) in [5, 5.41) is 4.81. The van der Waals surface area contributed by atoms with E-state index in [9.17, 15) is 8.78 Å². The topological polar surface area (TPSA) is 47.0 Å². The maximum absolute atomic E-state index is 12.1. The smallest absolute Gasteiger partial charge is 0.387 e. The van der Waals surface area contributed by atoms with Gasteiger partial charge in [0.15, 0.2) is 0 Å². The minimum Gasteiger partial charge on any atom is -0.433 e. The molecule has 1 aromatic carbocycles. The fourth-order valence-electron chi connectivity index (χ4n) is 2.15. The van der Waals surface area contributed by atoms with E-state index in [1.165, 1.54) is 12.3 Å². The third kappa shape index (κ3) is 3.84. The summed E-state index contributed by atoms with van der Waals surface area (Å²) >= 11 is 5.96. The van der Waals surface area contributed by atoms with E-state index in [4.69, 9.17) is 11.6 Å². The van der Waals surface area contributed by atoms with E-state index in [1.807, 2.05) is 12.1 Å². The van der Waals surface area contributed by atoms with Crippen LogP contribution in [0.2, 0.25) is 5.02 Å². The van der Waals surface area contributed by atoms with Crippen LogP contribution in [0.3, 0.4) is 0 Å². The van der Waals surface area contributed by atoms with Crippen molar-refractivity contribution in [2.75, 3.05) is 5.32 Å². The van der Waals surface area contributed by atoms with E-state index in [1.54, 1.807) is 24.4 Å². The molecule has 0 aliphatic carbocycles. The van der Waals surface area contributed by atoms with Crippen molar-refractivity contribution in [3.63, 3.8) is 0 Å². The van der Waals surface area contributed by atoms with Crippen LogP contribution in [-0.4, -0.2) is 16.6 Å². The van der Waals surface area contributed by atoms with Crippen molar-refractivity contribution in [2.45, 2.75) is 13.2 Å². The van der Waals surface area contributed by atoms with Crippen molar-refractivity contribution in [1.29, 1.82) is 0 Å². The van der Waals surface area contributed by atoms with Crippen LogP contribution in [0.4, 0.5) is 14.5 Å². The lowest BCUT2D eigenvalue weighted by molar-refractivity contribution is -0.0500. The molecule has 0 amide bonds. The Morgan fingerprint density at radius 1 is 1.13 bits per heavy atom. The molecular weight excluding hydrogens is 324 g/mol. The average molecular weight is 336 g/mol. The van der Waals surface area contributed by atoms with Gasteiger partial charge in [-0.2, -0.15) is 8.78 Å². The van der Waals surface area contributed by atoms with Crippen molar-refractivity contribution in [2.24, 2.45) is 0 Å². The van der Waals surface area contributed by atoms with E-state index in [0.717, 1.165) is 16.6 Å². The van der Waals surface area contributed by atoms with E-state index in [0.29, 0.717) is 17.3 Å². The van der Waals surface area contributed by atoms with Crippen molar-refractivity contribution in [3.05, 3.63) is 59.5 Å². The van der Waals surface area contributed by atoms with Gasteiger partial charge in [-0.25, -0.2) is 0 Å². The summed E-state index contributed by atoms with van der Waals surface area (Å²) in [6.45, 7) is -2.41. The minimum absolute atomic E-state index is 0.0350. The zero-order valence-electron chi connectivity index (χ0n) is 11.8. The van der Waals surface area contributed by atoms with Gasteiger partial charge in [0, 0.05) is 22.3 Å². The van der Waals surface area contributed by atoms with Crippen molar-refractivity contribution >= 4 is 28.2 Å². The van der Waals surface area contributed by atoms with Gasteiger partial charge in [-0.15, -0.1) is 0 Å². The molecular formula is C16H12ClF2N3O. The highest BCUT2D eigenvalue weighted by Gasteiger charge is 2.06. The van der Waals surface area contributed by atoms with Gasteiger partial charge in [0.1, 0.15) is 5.75 Å². The number of hydrogen-bond donors (Lipinski definition) is 1. The van der Waals surface area contributed by atoms with Gasteiger partial charge in [0.2, 0.25) is 0 Å².